The largest absolute Gasteiger partial charge is 0.493 e. The average Bonchev–Trinajstić information content (AvgIpc) is 3.51. The van der Waals surface area contributed by atoms with Gasteiger partial charge in [0, 0.05) is 36.0 Å². The zero-order valence-electron chi connectivity index (χ0n) is 25.5. The lowest BCUT2D eigenvalue weighted by Crippen LogP contribution is -2.43. The first-order valence-corrected chi connectivity index (χ1v) is 15.1. The van der Waals surface area contributed by atoms with Crippen LogP contribution >= 0.6 is 0 Å². The molecule has 1 aromatic heterocycles. The van der Waals surface area contributed by atoms with E-state index in [2.05, 4.69) is 29.5 Å². The number of carbonyl (C=O) groups excluding carboxylic acids is 2. The van der Waals surface area contributed by atoms with E-state index in [0.717, 1.165) is 52.1 Å². The molecule has 0 radical (unpaired) electrons. The molecule has 0 unspecified atom stereocenters. The van der Waals surface area contributed by atoms with Gasteiger partial charge in [-0.05, 0) is 85.2 Å². The molecule has 5 rings (SSSR count). The van der Waals surface area contributed by atoms with Gasteiger partial charge >= 0.3 is 5.97 Å². The highest BCUT2D eigenvalue weighted by Gasteiger charge is 2.25. The third-order valence-electron chi connectivity index (χ3n) is 8.16. The predicted octanol–water partition coefficient (Wildman–Crippen LogP) is 4.53. The van der Waals surface area contributed by atoms with Gasteiger partial charge in [0.15, 0.2) is 6.04 Å². The van der Waals surface area contributed by atoms with Crippen molar-refractivity contribution < 1.29 is 29.3 Å². The monoisotopic (exact) mass is 610 g/mol. The molecule has 0 saturated carbocycles. The van der Waals surface area contributed by atoms with Crippen LogP contribution in [0.4, 0.5) is 5.69 Å². The minimum atomic E-state index is -1.37. The number of ether oxygens (including phenoxy) is 1. The number of aliphatic hydroxyl groups is 1. The first kappa shape index (κ1) is 31.5. The lowest BCUT2D eigenvalue weighted by Gasteiger charge is -2.31. The summed E-state index contributed by atoms with van der Waals surface area (Å²) in [5, 5.41) is 25.2. The summed E-state index contributed by atoms with van der Waals surface area (Å²) in [4.78, 5) is 38.9. The van der Waals surface area contributed by atoms with Crippen LogP contribution in [0, 0.1) is 13.8 Å². The summed E-state index contributed by atoms with van der Waals surface area (Å²) in [6.07, 6.45) is 6.51. The Labute approximate surface area is 262 Å². The molecule has 234 valence electrons. The van der Waals surface area contributed by atoms with Crippen molar-refractivity contribution in [3.8, 4) is 16.9 Å². The van der Waals surface area contributed by atoms with Crippen molar-refractivity contribution in [2.24, 2.45) is 0 Å². The van der Waals surface area contributed by atoms with E-state index < -0.39 is 24.5 Å². The number of carboxylic acid groups (broad SMARTS) is 1. The predicted molar refractivity (Wildman–Crippen MR) is 171 cm³/mol. The van der Waals surface area contributed by atoms with Crippen LogP contribution in [0.25, 0.3) is 11.1 Å². The second-order valence-corrected chi connectivity index (χ2v) is 11.3. The number of rotatable bonds is 12. The van der Waals surface area contributed by atoms with Gasteiger partial charge in [-0.15, -0.1) is 0 Å². The minimum absolute atomic E-state index is 0.0888. The quantitative estimate of drug-likeness (QED) is 0.201. The molecule has 0 saturated heterocycles. The molecule has 0 fully saturated rings. The first-order valence-electron chi connectivity index (χ1n) is 15.1. The Bertz CT molecular complexity index is 1700. The third-order valence-corrected chi connectivity index (χ3v) is 8.16. The highest BCUT2D eigenvalue weighted by molar-refractivity contribution is 5.97. The SMILES string of the molecule is Cc1cccc(OCCCC(=O)N2CCCc3c(-c4cnn(Cc5cccc(C(=O)N[C@@H](CO)C(=O)O)c5)c4)cccc32)c1C. The number of nitrogens with zero attached hydrogens (tertiary/aromatic N) is 3. The topological polar surface area (TPSA) is 134 Å². The molecular weight excluding hydrogens is 572 g/mol. The molecular formula is C35H38N4O6. The Morgan fingerprint density at radius 1 is 1.07 bits per heavy atom. The molecule has 10 nitrogen and oxygen atoms in total. The second kappa shape index (κ2) is 14.2. The van der Waals surface area contributed by atoms with Gasteiger partial charge in [-0.3, -0.25) is 14.3 Å². The van der Waals surface area contributed by atoms with Crippen LogP contribution in [0.1, 0.15) is 51.9 Å². The minimum Gasteiger partial charge on any atom is -0.493 e. The van der Waals surface area contributed by atoms with E-state index >= 15 is 0 Å². The molecule has 0 aliphatic carbocycles. The number of anilines is 1. The van der Waals surface area contributed by atoms with Crippen LogP contribution in [0.5, 0.6) is 5.75 Å². The molecule has 1 atom stereocenters. The van der Waals surface area contributed by atoms with Crippen molar-refractivity contribution in [2.75, 3.05) is 24.7 Å². The molecule has 1 aliphatic rings. The summed E-state index contributed by atoms with van der Waals surface area (Å²) in [7, 11) is 0. The van der Waals surface area contributed by atoms with E-state index in [4.69, 9.17) is 9.84 Å². The molecule has 0 spiro atoms. The van der Waals surface area contributed by atoms with E-state index in [1.54, 1.807) is 29.1 Å². The Kier molecular flexibility index (Phi) is 9.94. The number of carbonyl (C=O) groups is 3. The third kappa shape index (κ3) is 7.41. The Balaban J connectivity index is 1.24. The van der Waals surface area contributed by atoms with Crippen molar-refractivity contribution >= 4 is 23.5 Å². The highest BCUT2D eigenvalue weighted by Crippen LogP contribution is 2.36. The van der Waals surface area contributed by atoms with Gasteiger partial charge in [0.25, 0.3) is 5.91 Å². The smallest absolute Gasteiger partial charge is 0.328 e. The fraction of sp³-hybridized carbons (Fsp3) is 0.314. The summed E-state index contributed by atoms with van der Waals surface area (Å²) in [6, 6.07) is 17.5. The molecule has 4 aromatic rings. The molecule has 2 amide bonds. The highest BCUT2D eigenvalue weighted by atomic mass is 16.5. The van der Waals surface area contributed by atoms with Crippen LogP contribution < -0.4 is 15.0 Å². The first-order chi connectivity index (χ1) is 21.7. The normalized spacial score (nSPS) is 13.2. The van der Waals surface area contributed by atoms with Crippen LogP contribution in [-0.4, -0.2) is 63.6 Å². The maximum absolute atomic E-state index is 13.3. The molecule has 45 heavy (non-hydrogen) atoms. The Morgan fingerprint density at radius 2 is 1.87 bits per heavy atom. The van der Waals surface area contributed by atoms with Gasteiger partial charge in [-0.1, -0.05) is 36.4 Å². The number of fused-ring (bicyclic) bond motifs is 1. The maximum Gasteiger partial charge on any atom is 0.328 e. The summed E-state index contributed by atoms with van der Waals surface area (Å²) < 4.78 is 7.74. The zero-order valence-corrected chi connectivity index (χ0v) is 25.5. The van der Waals surface area contributed by atoms with E-state index in [1.165, 1.54) is 5.56 Å². The molecule has 3 N–H and O–H groups in total. The number of amides is 2. The van der Waals surface area contributed by atoms with Crippen LogP contribution in [0.15, 0.2) is 73.1 Å². The molecule has 2 heterocycles. The number of hydrogen-bond donors (Lipinski definition) is 3. The van der Waals surface area contributed by atoms with Crippen molar-refractivity contribution in [2.45, 2.75) is 52.1 Å². The Hall–Kier alpha value is -4.96. The van der Waals surface area contributed by atoms with E-state index in [0.29, 0.717) is 38.1 Å². The number of nitrogens with one attached hydrogen (secondary N) is 1. The van der Waals surface area contributed by atoms with Crippen LogP contribution in [-0.2, 0) is 22.6 Å². The lowest BCUT2D eigenvalue weighted by molar-refractivity contribution is -0.140. The number of aryl methyl sites for hydroxylation is 1. The molecule has 3 aromatic carbocycles. The van der Waals surface area contributed by atoms with E-state index in [-0.39, 0.29) is 5.91 Å². The van der Waals surface area contributed by atoms with Crippen LogP contribution in [0.3, 0.4) is 0 Å². The number of aliphatic hydroxyl groups excluding tert-OH is 1. The van der Waals surface area contributed by atoms with E-state index in [1.807, 2.05) is 48.4 Å². The van der Waals surface area contributed by atoms with Gasteiger partial charge in [0.2, 0.25) is 5.91 Å². The second-order valence-electron chi connectivity index (χ2n) is 11.3. The van der Waals surface area contributed by atoms with Gasteiger partial charge in [-0.2, -0.15) is 5.10 Å². The fourth-order valence-corrected chi connectivity index (χ4v) is 5.59. The number of aliphatic carboxylic acids is 1. The summed E-state index contributed by atoms with van der Waals surface area (Å²) >= 11 is 0. The number of carboxylic acids is 1. The summed E-state index contributed by atoms with van der Waals surface area (Å²) in [5.41, 5.74) is 7.43. The van der Waals surface area contributed by atoms with Gasteiger partial charge in [-0.25, -0.2) is 4.79 Å². The van der Waals surface area contributed by atoms with Gasteiger partial charge < -0.3 is 25.2 Å². The van der Waals surface area contributed by atoms with Crippen LogP contribution in [0.2, 0.25) is 0 Å². The number of aromatic nitrogens is 2. The Morgan fingerprint density at radius 3 is 2.67 bits per heavy atom. The standard InChI is InChI=1S/C35H38N4O6/c1-23-8-3-14-32(24(23)2)45-17-7-15-33(41)39-16-6-12-29-28(11-5-13-31(29)39)27-19-36-38(21-27)20-25-9-4-10-26(18-25)34(42)37-30(22-40)35(43)44/h3-5,8-11,13-14,18-19,21,30,40H,6-7,12,15-17,20,22H2,1-2H3,(H,37,42)(H,43,44)/t30-/m0/s1. The molecule has 0 bridgehead atoms. The number of hydrogen-bond acceptors (Lipinski definition) is 6. The average molecular weight is 611 g/mol. The lowest BCUT2D eigenvalue weighted by atomic mass is 9.93. The molecule has 1 aliphatic heterocycles. The zero-order chi connectivity index (χ0) is 31.9. The number of benzene rings is 3. The maximum atomic E-state index is 13.3. The van der Waals surface area contributed by atoms with Crippen molar-refractivity contribution in [3.63, 3.8) is 0 Å². The summed E-state index contributed by atoms with van der Waals surface area (Å²) in [5.74, 6) is -0.935. The molecule has 10 heteroatoms. The van der Waals surface area contributed by atoms with E-state index in [9.17, 15) is 19.5 Å². The van der Waals surface area contributed by atoms with Gasteiger partial charge in [0.1, 0.15) is 5.75 Å². The van der Waals surface area contributed by atoms with Crippen molar-refractivity contribution in [1.82, 2.24) is 15.1 Å². The van der Waals surface area contributed by atoms with Crippen molar-refractivity contribution in [1.29, 1.82) is 0 Å². The van der Waals surface area contributed by atoms with Gasteiger partial charge in [0.05, 0.1) is 26.0 Å². The fourth-order valence-electron chi connectivity index (χ4n) is 5.59. The summed E-state index contributed by atoms with van der Waals surface area (Å²) in [6.45, 7) is 4.96. The van der Waals surface area contributed by atoms with Crippen molar-refractivity contribution in [3.05, 3.63) is 101 Å².